The fourth-order valence-corrected chi connectivity index (χ4v) is 3.46. The molecule has 1 fully saturated rings. The summed E-state index contributed by atoms with van der Waals surface area (Å²) in [4.78, 5) is 0. The molecule has 0 saturated heterocycles. The average Bonchev–Trinajstić information content (AvgIpc) is 2.51. The van der Waals surface area contributed by atoms with Crippen LogP contribution in [0.25, 0.3) is 0 Å². The average molecular weight is 372 g/mol. The highest BCUT2D eigenvalue weighted by Gasteiger charge is 2.22. The molecule has 0 bridgehead atoms. The van der Waals surface area contributed by atoms with Crippen molar-refractivity contribution < 1.29 is 4.74 Å². The smallest absolute Gasteiger partial charge is 0.167 e. The molecule has 3 nitrogen and oxygen atoms in total. The van der Waals surface area contributed by atoms with E-state index in [9.17, 15) is 0 Å². The molecule has 0 aliphatic heterocycles. The third-order valence-corrected chi connectivity index (χ3v) is 4.78. The predicted octanol–water partition coefficient (Wildman–Crippen LogP) is 4.49. The lowest BCUT2D eigenvalue weighted by Gasteiger charge is -2.20. The maximum atomic E-state index is 9.07. The van der Waals surface area contributed by atoms with Gasteiger partial charge in [-0.05, 0) is 32.6 Å². The summed E-state index contributed by atoms with van der Waals surface area (Å²) < 4.78 is 6.39. The van der Waals surface area contributed by atoms with E-state index in [-0.39, 0.29) is 11.5 Å². The summed E-state index contributed by atoms with van der Waals surface area (Å²) in [6, 6.07) is 3.97. The molecular weight excluding hydrogens is 351 g/mol. The Morgan fingerprint density at radius 1 is 1.11 bits per heavy atom. The molecule has 0 amide bonds. The first-order chi connectivity index (χ1) is 9.22. The molecule has 104 valence electrons. The van der Waals surface area contributed by atoms with Crippen LogP contribution in [-0.4, -0.2) is 10.5 Å². The standard InChI is InChI=1S/C15H21IN2O/c1-2-19-15(13(10-17)11-18)12-6-3-4-8-14(16)9-5-7-12/h12,14H,2-9H2,1H3. The summed E-state index contributed by atoms with van der Waals surface area (Å²) in [6.45, 7) is 2.43. The molecule has 0 aromatic heterocycles. The molecule has 1 rings (SSSR count). The maximum absolute atomic E-state index is 9.07. The second-order valence-corrected chi connectivity index (χ2v) is 6.67. The molecule has 2 unspecified atom stereocenters. The van der Waals surface area contributed by atoms with Gasteiger partial charge >= 0.3 is 0 Å². The van der Waals surface area contributed by atoms with Gasteiger partial charge < -0.3 is 4.74 Å². The lowest BCUT2D eigenvalue weighted by Crippen LogP contribution is -2.10. The third kappa shape index (κ3) is 5.40. The maximum Gasteiger partial charge on any atom is 0.167 e. The Morgan fingerprint density at radius 3 is 2.32 bits per heavy atom. The highest BCUT2D eigenvalue weighted by atomic mass is 127. The van der Waals surface area contributed by atoms with Crippen molar-refractivity contribution in [3.8, 4) is 12.1 Å². The van der Waals surface area contributed by atoms with E-state index < -0.39 is 0 Å². The minimum Gasteiger partial charge on any atom is -0.496 e. The van der Waals surface area contributed by atoms with Gasteiger partial charge in [-0.15, -0.1) is 0 Å². The van der Waals surface area contributed by atoms with Gasteiger partial charge in [-0.1, -0.05) is 41.9 Å². The van der Waals surface area contributed by atoms with Crippen LogP contribution in [0.15, 0.2) is 11.3 Å². The van der Waals surface area contributed by atoms with E-state index in [1.165, 1.54) is 19.3 Å². The van der Waals surface area contributed by atoms with Crippen LogP contribution in [0.1, 0.15) is 51.9 Å². The summed E-state index contributed by atoms with van der Waals surface area (Å²) in [5.74, 6) is 0.885. The summed E-state index contributed by atoms with van der Waals surface area (Å²) in [6.07, 6.45) is 8.12. The first kappa shape index (κ1) is 16.3. The van der Waals surface area contributed by atoms with E-state index in [1.54, 1.807) is 0 Å². The predicted molar refractivity (Wildman–Crippen MR) is 83.5 cm³/mol. The first-order valence-electron chi connectivity index (χ1n) is 7.04. The molecule has 0 heterocycles. The van der Waals surface area contributed by atoms with Gasteiger partial charge in [0.15, 0.2) is 5.57 Å². The van der Waals surface area contributed by atoms with E-state index in [4.69, 9.17) is 15.3 Å². The van der Waals surface area contributed by atoms with Crippen molar-refractivity contribution >= 4 is 22.6 Å². The summed E-state index contributed by atoms with van der Waals surface area (Å²) in [5.41, 5.74) is 0.164. The SMILES string of the molecule is CCOC(=C(C#N)C#N)C1CCCCC(I)CCC1. The molecule has 0 N–H and O–H groups in total. The van der Waals surface area contributed by atoms with Crippen molar-refractivity contribution in [1.29, 1.82) is 10.5 Å². The fraction of sp³-hybridized carbons (Fsp3) is 0.733. The molecule has 0 radical (unpaired) electrons. The number of hydrogen-bond donors (Lipinski definition) is 0. The van der Waals surface area contributed by atoms with Gasteiger partial charge in [0.2, 0.25) is 0 Å². The summed E-state index contributed by atoms with van der Waals surface area (Å²) >= 11 is 2.54. The number of nitriles is 2. The molecule has 1 aliphatic carbocycles. The van der Waals surface area contributed by atoms with Crippen LogP contribution < -0.4 is 0 Å². The van der Waals surface area contributed by atoms with Gasteiger partial charge in [-0.2, -0.15) is 10.5 Å². The number of hydrogen-bond acceptors (Lipinski definition) is 3. The van der Waals surface area contributed by atoms with Gasteiger partial charge in [-0.3, -0.25) is 0 Å². The van der Waals surface area contributed by atoms with E-state index in [0.717, 1.165) is 29.6 Å². The molecular formula is C15H21IN2O. The quantitative estimate of drug-likeness (QED) is 0.318. The Hall–Kier alpha value is -0.750. The fourth-order valence-electron chi connectivity index (χ4n) is 2.58. The minimum absolute atomic E-state index is 0.164. The number of ether oxygens (including phenoxy) is 1. The number of alkyl halides is 1. The molecule has 1 saturated carbocycles. The molecule has 0 aromatic carbocycles. The summed E-state index contributed by atoms with van der Waals surface area (Å²) in [5, 5.41) is 18.1. The van der Waals surface area contributed by atoms with Crippen molar-refractivity contribution in [2.45, 2.75) is 55.8 Å². The van der Waals surface area contributed by atoms with Crippen molar-refractivity contribution in [3.63, 3.8) is 0 Å². The largest absolute Gasteiger partial charge is 0.496 e. The van der Waals surface area contributed by atoms with Gasteiger partial charge in [0.05, 0.1) is 6.61 Å². The van der Waals surface area contributed by atoms with Crippen LogP contribution >= 0.6 is 22.6 Å². The number of halogens is 1. The zero-order valence-corrected chi connectivity index (χ0v) is 13.6. The van der Waals surface area contributed by atoms with Crippen LogP contribution in [0.4, 0.5) is 0 Å². The van der Waals surface area contributed by atoms with Crippen LogP contribution in [0, 0.1) is 28.6 Å². The Labute approximate surface area is 129 Å². The van der Waals surface area contributed by atoms with Gasteiger partial charge in [-0.25, -0.2) is 0 Å². The van der Waals surface area contributed by atoms with Gasteiger partial charge in [0.25, 0.3) is 0 Å². The zero-order chi connectivity index (χ0) is 14.1. The lowest BCUT2D eigenvalue weighted by molar-refractivity contribution is 0.179. The highest BCUT2D eigenvalue weighted by Crippen LogP contribution is 2.31. The topological polar surface area (TPSA) is 56.8 Å². The number of allylic oxidation sites excluding steroid dienone is 2. The van der Waals surface area contributed by atoms with Crippen LogP contribution in [0.2, 0.25) is 0 Å². The molecule has 4 heteroatoms. The van der Waals surface area contributed by atoms with Crippen molar-refractivity contribution in [2.24, 2.45) is 5.92 Å². The molecule has 0 aromatic rings. The molecule has 2 atom stereocenters. The van der Waals surface area contributed by atoms with Crippen LogP contribution in [0.3, 0.4) is 0 Å². The van der Waals surface area contributed by atoms with Crippen molar-refractivity contribution in [2.75, 3.05) is 6.61 Å². The molecule has 0 spiro atoms. The van der Waals surface area contributed by atoms with Crippen LogP contribution in [-0.2, 0) is 4.74 Å². The van der Waals surface area contributed by atoms with E-state index in [2.05, 4.69) is 22.6 Å². The Kier molecular flexibility index (Phi) is 7.90. The Bertz CT molecular complexity index is 376. The Balaban J connectivity index is 2.85. The van der Waals surface area contributed by atoms with E-state index >= 15 is 0 Å². The number of rotatable bonds is 3. The summed E-state index contributed by atoms with van der Waals surface area (Å²) in [7, 11) is 0. The van der Waals surface area contributed by atoms with Crippen molar-refractivity contribution in [3.05, 3.63) is 11.3 Å². The first-order valence-corrected chi connectivity index (χ1v) is 8.28. The molecule has 19 heavy (non-hydrogen) atoms. The van der Waals surface area contributed by atoms with Gasteiger partial charge in [0, 0.05) is 9.84 Å². The lowest BCUT2D eigenvalue weighted by atomic mass is 9.92. The zero-order valence-electron chi connectivity index (χ0n) is 11.5. The second-order valence-electron chi connectivity index (χ2n) is 4.91. The van der Waals surface area contributed by atoms with E-state index in [0.29, 0.717) is 12.4 Å². The highest BCUT2D eigenvalue weighted by molar-refractivity contribution is 14.1. The number of nitrogens with zero attached hydrogens (tertiary/aromatic N) is 2. The van der Waals surface area contributed by atoms with Crippen molar-refractivity contribution in [1.82, 2.24) is 0 Å². The third-order valence-electron chi connectivity index (χ3n) is 3.53. The van der Waals surface area contributed by atoms with Crippen LogP contribution in [0.5, 0.6) is 0 Å². The monoisotopic (exact) mass is 372 g/mol. The Morgan fingerprint density at radius 2 is 1.68 bits per heavy atom. The molecule has 1 aliphatic rings. The van der Waals surface area contributed by atoms with Gasteiger partial charge in [0.1, 0.15) is 17.9 Å². The van der Waals surface area contributed by atoms with E-state index in [1.807, 2.05) is 19.1 Å². The minimum atomic E-state index is 0.164. The second kappa shape index (κ2) is 9.20. The normalized spacial score (nSPS) is 24.0.